The van der Waals surface area contributed by atoms with Crippen LogP contribution in [0.5, 0.6) is 0 Å². The number of hydrogen-bond donors (Lipinski definition) is 0. The molecule has 0 amide bonds. The summed E-state index contributed by atoms with van der Waals surface area (Å²) in [6.07, 6.45) is 9.60. The molecule has 0 aliphatic rings. The van der Waals surface area contributed by atoms with Crippen molar-refractivity contribution in [2.45, 2.75) is 53.4 Å². The SMILES string of the molecule is Cc1ccc(-c2ccc(CCc3cc(CCc4ccc(-c5cc(C)ccn5)cc4)cc(-c4ccccc4-c4ccc(-c5cc(-c6cc7oc8ccccc8c7cc6C)c(C)cn5)cc4)c3)cc2)nc1. The summed E-state index contributed by atoms with van der Waals surface area (Å²) in [5.74, 6) is 0. The molecule has 11 rings (SSSR count). The Bertz CT molecular complexity index is 3620. The van der Waals surface area contributed by atoms with E-state index in [1.54, 1.807) is 0 Å². The predicted molar refractivity (Wildman–Crippen MR) is 286 cm³/mol. The third-order valence-electron chi connectivity index (χ3n) is 13.6. The molecular formula is C65H53N3O. The third kappa shape index (κ3) is 9.27. The van der Waals surface area contributed by atoms with Gasteiger partial charge in [-0.25, -0.2) is 0 Å². The maximum Gasteiger partial charge on any atom is 0.136 e. The van der Waals surface area contributed by atoms with Gasteiger partial charge in [0.15, 0.2) is 0 Å². The van der Waals surface area contributed by atoms with Crippen LogP contribution in [0.25, 0.3) is 89.1 Å². The molecule has 4 nitrogen and oxygen atoms in total. The van der Waals surface area contributed by atoms with Crippen LogP contribution in [-0.2, 0) is 25.7 Å². The van der Waals surface area contributed by atoms with E-state index in [1.807, 2.05) is 36.8 Å². The van der Waals surface area contributed by atoms with E-state index >= 15 is 0 Å². The van der Waals surface area contributed by atoms with Crippen LogP contribution in [0, 0.1) is 27.7 Å². The van der Waals surface area contributed by atoms with Crippen LogP contribution in [0.3, 0.4) is 0 Å². The summed E-state index contributed by atoms with van der Waals surface area (Å²) in [6.45, 7) is 8.51. The Morgan fingerprint density at radius 1 is 0.333 bits per heavy atom. The lowest BCUT2D eigenvalue weighted by atomic mass is 9.89. The van der Waals surface area contributed by atoms with Gasteiger partial charge in [-0.3, -0.25) is 15.0 Å². The van der Waals surface area contributed by atoms with Crippen molar-refractivity contribution >= 4 is 21.9 Å². The molecule has 0 unspecified atom stereocenters. The number of benzene rings is 7. The molecule has 334 valence electrons. The smallest absolute Gasteiger partial charge is 0.136 e. The molecule has 0 saturated carbocycles. The van der Waals surface area contributed by atoms with Gasteiger partial charge < -0.3 is 4.42 Å². The van der Waals surface area contributed by atoms with Crippen LogP contribution in [0.1, 0.15) is 44.5 Å². The third-order valence-corrected chi connectivity index (χ3v) is 13.6. The monoisotopic (exact) mass is 891 g/mol. The van der Waals surface area contributed by atoms with Gasteiger partial charge in [-0.15, -0.1) is 0 Å². The van der Waals surface area contributed by atoms with E-state index in [0.29, 0.717) is 0 Å². The molecule has 0 aliphatic heterocycles. The average molecular weight is 892 g/mol. The van der Waals surface area contributed by atoms with Gasteiger partial charge >= 0.3 is 0 Å². The molecule has 0 atom stereocenters. The Hall–Kier alpha value is -8.21. The highest BCUT2D eigenvalue weighted by molar-refractivity contribution is 6.06. The standard InChI is InChI=1S/C65H53N3O/c1-42-31-32-66-62(33-42)52-24-20-47(21-25-52)15-17-49-35-48(16-14-46-18-22-51(23-19-46)61-30-13-43(2)40-67-61)36-54(37-49)56-10-6-5-9-55(56)50-26-28-53(29-27-50)63-38-58(45(4)41-68-63)59-39-65-60(34-44(59)3)57-11-7-8-12-64(57)69-65/h5-13,18-41H,14-17H2,1-4H3. The number of aryl methyl sites for hydroxylation is 8. The summed E-state index contributed by atoms with van der Waals surface area (Å²) >= 11 is 0. The molecule has 0 bridgehead atoms. The zero-order valence-corrected chi connectivity index (χ0v) is 39.6. The van der Waals surface area contributed by atoms with Crippen molar-refractivity contribution in [2.24, 2.45) is 0 Å². The van der Waals surface area contributed by atoms with Crippen molar-refractivity contribution in [1.29, 1.82) is 0 Å². The zero-order valence-electron chi connectivity index (χ0n) is 39.6. The number of aromatic nitrogens is 3. The highest BCUT2D eigenvalue weighted by Gasteiger charge is 2.16. The van der Waals surface area contributed by atoms with Crippen LogP contribution >= 0.6 is 0 Å². The molecule has 0 N–H and O–H groups in total. The molecule has 4 aromatic heterocycles. The predicted octanol–water partition coefficient (Wildman–Crippen LogP) is 16.6. The van der Waals surface area contributed by atoms with Crippen molar-refractivity contribution in [3.8, 4) is 67.2 Å². The second-order valence-corrected chi connectivity index (χ2v) is 18.6. The number of pyridine rings is 3. The molecule has 69 heavy (non-hydrogen) atoms. The zero-order chi connectivity index (χ0) is 46.8. The first-order chi connectivity index (χ1) is 33.8. The lowest BCUT2D eigenvalue weighted by molar-refractivity contribution is 0.669. The fourth-order valence-corrected chi connectivity index (χ4v) is 9.75. The number of para-hydroxylation sites is 1. The first-order valence-corrected chi connectivity index (χ1v) is 24.0. The Morgan fingerprint density at radius 2 is 0.899 bits per heavy atom. The number of hydrogen-bond acceptors (Lipinski definition) is 4. The minimum atomic E-state index is 0.902. The van der Waals surface area contributed by atoms with Crippen molar-refractivity contribution in [3.05, 3.63) is 245 Å². The van der Waals surface area contributed by atoms with Crippen molar-refractivity contribution < 1.29 is 4.42 Å². The Morgan fingerprint density at radius 3 is 1.57 bits per heavy atom. The molecule has 7 aromatic carbocycles. The largest absolute Gasteiger partial charge is 0.456 e. The fraction of sp³-hybridized carbons (Fsp3) is 0.123. The van der Waals surface area contributed by atoms with E-state index in [0.717, 1.165) is 98.1 Å². The molecular weight excluding hydrogens is 839 g/mol. The molecule has 4 heterocycles. The van der Waals surface area contributed by atoms with Crippen LogP contribution in [0.2, 0.25) is 0 Å². The van der Waals surface area contributed by atoms with E-state index in [-0.39, 0.29) is 0 Å². The Kier molecular flexibility index (Phi) is 11.8. The van der Waals surface area contributed by atoms with E-state index in [4.69, 9.17) is 9.40 Å². The lowest BCUT2D eigenvalue weighted by Crippen LogP contribution is -1.98. The van der Waals surface area contributed by atoms with Gasteiger partial charge in [-0.05, 0) is 174 Å². The van der Waals surface area contributed by atoms with Crippen molar-refractivity contribution in [3.63, 3.8) is 0 Å². The summed E-state index contributed by atoms with van der Waals surface area (Å²) in [4.78, 5) is 14.2. The van der Waals surface area contributed by atoms with Crippen LogP contribution in [0.15, 0.2) is 205 Å². The minimum Gasteiger partial charge on any atom is -0.456 e. The molecule has 11 aromatic rings. The molecule has 0 spiro atoms. The quantitative estimate of drug-likeness (QED) is 0.123. The highest BCUT2D eigenvalue weighted by Crippen LogP contribution is 2.38. The average Bonchev–Trinajstić information content (AvgIpc) is 3.75. The summed E-state index contributed by atoms with van der Waals surface area (Å²) < 4.78 is 6.31. The van der Waals surface area contributed by atoms with Gasteiger partial charge in [0.1, 0.15) is 11.2 Å². The van der Waals surface area contributed by atoms with Crippen LogP contribution in [0.4, 0.5) is 0 Å². The van der Waals surface area contributed by atoms with Crippen molar-refractivity contribution in [2.75, 3.05) is 0 Å². The number of fused-ring (bicyclic) bond motifs is 3. The molecule has 0 radical (unpaired) electrons. The number of nitrogens with zero attached hydrogens (tertiary/aromatic N) is 3. The Labute approximate surface area is 405 Å². The van der Waals surface area contributed by atoms with Gasteiger partial charge in [0, 0.05) is 46.1 Å². The summed E-state index contributed by atoms with van der Waals surface area (Å²) in [6, 6.07) is 66.2. The summed E-state index contributed by atoms with van der Waals surface area (Å²) in [7, 11) is 0. The summed E-state index contributed by atoms with van der Waals surface area (Å²) in [5.41, 5.74) is 25.4. The van der Waals surface area contributed by atoms with Gasteiger partial charge in [0.05, 0.1) is 17.1 Å². The van der Waals surface area contributed by atoms with Gasteiger partial charge in [0.25, 0.3) is 0 Å². The van der Waals surface area contributed by atoms with Crippen LogP contribution in [-0.4, -0.2) is 15.0 Å². The Balaban J connectivity index is 0.880. The first-order valence-electron chi connectivity index (χ1n) is 24.0. The van der Waals surface area contributed by atoms with Gasteiger partial charge in [0.2, 0.25) is 0 Å². The number of rotatable bonds is 12. The van der Waals surface area contributed by atoms with Gasteiger partial charge in [-0.1, -0.05) is 140 Å². The number of furan rings is 1. The summed E-state index contributed by atoms with van der Waals surface area (Å²) in [5, 5.41) is 2.29. The second-order valence-electron chi connectivity index (χ2n) is 18.6. The molecule has 4 heteroatoms. The maximum absolute atomic E-state index is 6.31. The minimum absolute atomic E-state index is 0.902. The van der Waals surface area contributed by atoms with Crippen molar-refractivity contribution in [1.82, 2.24) is 15.0 Å². The second kappa shape index (κ2) is 18.8. The highest BCUT2D eigenvalue weighted by atomic mass is 16.3. The normalized spacial score (nSPS) is 11.4. The van der Waals surface area contributed by atoms with Gasteiger partial charge in [-0.2, -0.15) is 0 Å². The topological polar surface area (TPSA) is 51.8 Å². The molecule has 0 saturated heterocycles. The van der Waals surface area contributed by atoms with E-state index in [9.17, 15) is 0 Å². The first kappa shape index (κ1) is 43.4. The van der Waals surface area contributed by atoms with E-state index in [2.05, 4.69) is 201 Å². The fourth-order valence-electron chi connectivity index (χ4n) is 9.75. The lowest BCUT2D eigenvalue weighted by Gasteiger charge is -2.15. The molecule has 0 aliphatic carbocycles. The van der Waals surface area contributed by atoms with E-state index < -0.39 is 0 Å². The molecule has 0 fully saturated rings. The van der Waals surface area contributed by atoms with E-state index in [1.165, 1.54) is 61.2 Å². The van der Waals surface area contributed by atoms with Crippen LogP contribution < -0.4 is 0 Å². The maximum atomic E-state index is 6.31.